The maximum atomic E-state index is 11.4. The van der Waals surface area contributed by atoms with Crippen LogP contribution in [0.2, 0.25) is 0 Å². The number of hydrogen-bond acceptors (Lipinski definition) is 5. The van der Waals surface area contributed by atoms with Crippen LogP contribution < -0.4 is 11.4 Å². The van der Waals surface area contributed by atoms with Crippen molar-refractivity contribution in [2.45, 2.75) is 6.92 Å². The number of nitrogens with two attached hydrogens (primary N) is 1. The molecule has 0 unspecified atom stereocenters. The van der Waals surface area contributed by atoms with Crippen LogP contribution in [-0.4, -0.2) is 21.3 Å². The van der Waals surface area contributed by atoms with Crippen LogP contribution in [0.3, 0.4) is 0 Å². The number of benzene rings is 1. The highest BCUT2D eigenvalue weighted by Gasteiger charge is 2.16. The van der Waals surface area contributed by atoms with Gasteiger partial charge in [-0.1, -0.05) is 12.1 Å². The van der Waals surface area contributed by atoms with E-state index in [0.29, 0.717) is 16.8 Å². The summed E-state index contributed by atoms with van der Waals surface area (Å²) >= 11 is 0. The van der Waals surface area contributed by atoms with Crippen molar-refractivity contribution in [3.63, 3.8) is 0 Å². The van der Waals surface area contributed by atoms with Gasteiger partial charge in [0.15, 0.2) is 5.69 Å². The maximum Gasteiger partial charge on any atom is 0.336 e. The van der Waals surface area contributed by atoms with E-state index in [9.17, 15) is 9.59 Å². The molecule has 0 fully saturated rings. The van der Waals surface area contributed by atoms with Gasteiger partial charge >= 0.3 is 5.63 Å². The van der Waals surface area contributed by atoms with E-state index < -0.39 is 11.5 Å². The molecule has 7 heteroatoms. The van der Waals surface area contributed by atoms with Crippen LogP contribution >= 0.6 is 0 Å². The molecule has 3 N–H and O–H groups in total. The minimum absolute atomic E-state index is 0.0411. The number of H-pyrrole nitrogens is 1. The molecule has 2 aromatic heterocycles. The Hall–Kier alpha value is -2.96. The SMILES string of the molecule is Cc1cc(=O)oc2cc(-c3n[nH]nc3C(N)=O)ccc12. The molecule has 0 aliphatic heterocycles. The summed E-state index contributed by atoms with van der Waals surface area (Å²) < 4.78 is 5.15. The predicted molar refractivity (Wildman–Crippen MR) is 71.1 cm³/mol. The number of rotatable bonds is 2. The van der Waals surface area contributed by atoms with Crippen LogP contribution in [-0.2, 0) is 0 Å². The zero-order chi connectivity index (χ0) is 14.3. The Kier molecular flexibility index (Phi) is 2.60. The lowest BCUT2D eigenvalue weighted by molar-refractivity contribution is 0.0996. The number of fused-ring (bicyclic) bond motifs is 1. The van der Waals surface area contributed by atoms with Crippen LogP contribution in [0, 0.1) is 6.92 Å². The van der Waals surface area contributed by atoms with Crippen molar-refractivity contribution in [1.82, 2.24) is 15.4 Å². The molecule has 0 aliphatic carbocycles. The average Bonchev–Trinajstić information content (AvgIpc) is 2.87. The van der Waals surface area contributed by atoms with E-state index in [-0.39, 0.29) is 5.69 Å². The molecule has 7 nitrogen and oxygen atoms in total. The smallest absolute Gasteiger partial charge is 0.336 e. The fourth-order valence-corrected chi connectivity index (χ4v) is 2.08. The lowest BCUT2D eigenvalue weighted by atomic mass is 10.1. The van der Waals surface area contributed by atoms with Gasteiger partial charge in [-0.3, -0.25) is 4.79 Å². The fourth-order valence-electron chi connectivity index (χ4n) is 2.08. The summed E-state index contributed by atoms with van der Waals surface area (Å²) in [6.07, 6.45) is 0. The van der Waals surface area contributed by atoms with Gasteiger partial charge in [0.05, 0.1) is 0 Å². The second-order valence-electron chi connectivity index (χ2n) is 4.34. The number of aromatic nitrogens is 3. The molecule has 0 bridgehead atoms. The van der Waals surface area contributed by atoms with Crippen molar-refractivity contribution in [3.05, 3.63) is 45.9 Å². The normalized spacial score (nSPS) is 10.8. The third-order valence-electron chi connectivity index (χ3n) is 3.01. The summed E-state index contributed by atoms with van der Waals surface area (Å²) in [6, 6.07) is 6.61. The quantitative estimate of drug-likeness (QED) is 0.673. The average molecular weight is 270 g/mol. The number of nitrogens with zero attached hydrogens (tertiary/aromatic N) is 2. The molecule has 3 rings (SSSR count). The van der Waals surface area contributed by atoms with Crippen LogP contribution in [0.25, 0.3) is 22.2 Å². The molecule has 0 saturated heterocycles. The van der Waals surface area contributed by atoms with Crippen molar-refractivity contribution >= 4 is 16.9 Å². The molecule has 3 aromatic rings. The first-order chi connectivity index (χ1) is 9.56. The van der Waals surface area contributed by atoms with Crippen molar-refractivity contribution in [2.75, 3.05) is 0 Å². The summed E-state index contributed by atoms with van der Waals surface area (Å²) in [5.41, 5.74) is 6.99. The first kappa shape index (κ1) is 12.1. The Morgan fingerprint density at radius 1 is 1.30 bits per heavy atom. The Labute approximate surface area is 112 Å². The first-order valence-electron chi connectivity index (χ1n) is 5.81. The molecule has 20 heavy (non-hydrogen) atoms. The van der Waals surface area contributed by atoms with Gasteiger partial charge in [0.2, 0.25) is 0 Å². The molecular formula is C13H10N4O3. The molecule has 2 heterocycles. The highest BCUT2D eigenvalue weighted by atomic mass is 16.4. The molecule has 0 radical (unpaired) electrons. The fraction of sp³-hybridized carbons (Fsp3) is 0.0769. The zero-order valence-corrected chi connectivity index (χ0v) is 10.5. The Balaban J connectivity index is 2.25. The van der Waals surface area contributed by atoms with Crippen LogP contribution in [0.4, 0.5) is 0 Å². The Morgan fingerprint density at radius 3 is 2.85 bits per heavy atom. The molecule has 1 aromatic carbocycles. The minimum Gasteiger partial charge on any atom is -0.423 e. The van der Waals surface area contributed by atoms with Crippen molar-refractivity contribution in [2.24, 2.45) is 5.73 Å². The highest BCUT2D eigenvalue weighted by molar-refractivity contribution is 5.97. The van der Waals surface area contributed by atoms with Gasteiger partial charge < -0.3 is 10.2 Å². The van der Waals surface area contributed by atoms with Gasteiger partial charge in [-0.25, -0.2) is 4.79 Å². The van der Waals surface area contributed by atoms with Gasteiger partial charge in [-0.15, -0.1) is 0 Å². The number of hydrogen-bond donors (Lipinski definition) is 2. The molecular weight excluding hydrogens is 260 g/mol. The van der Waals surface area contributed by atoms with E-state index in [0.717, 1.165) is 10.9 Å². The number of aryl methyl sites for hydroxylation is 1. The van der Waals surface area contributed by atoms with E-state index in [1.807, 2.05) is 6.92 Å². The Bertz CT molecular complexity index is 879. The number of carbonyl (C=O) groups is 1. The molecule has 0 aliphatic rings. The third kappa shape index (κ3) is 1.85. The largest absolute Gasteiger partial charge is 0.423 e. The van der Waals surface area contributed by atoms with Gasteiger partial charge in [-0.2, -0.15) is 15.4 Å². The lowest BCUT2D eigenvalue weighted by Crippen LogP contribution is -2.12. The van der Waals surface area contributed by atoms with E-state index in [2.05, 4.69) is 15.4 Å². The predicted octanol–water partition coefficient (Wildman–Crippen LogP) is 0.985. The lowest BCUT2D eigenvalue weighted by Gasteiger charge is -2.03. The van der Waals surface area contributed by atoms with E-state index >= 15 is 0 Å². The number of primary amides is 1. The van der Waals surface area contributed by atoms with E-state index in [1.54, 1.807) is 18.2 Å². The van der Waals surface area contributed by atoms with E-state index in [1.165, 1.54) is 6.07 Å². The molecule has 0 atom stereocenters. The van der Waals surface area contributed by atoms with Crippen LogP contribution in [0.1, 0.15) is 16.1 Å². The Morgan fingerprint density at radius 2 is 2.10 bits per heavy atom. The third-order valence-corrected chi connectivity index (χ3v) is 3.01. The van der Waals surface area contributed by atoms with Crippen molar-refractivity contribution < 1.29 is 9.21 Å². The van der Waals surface area contributed by atoms with Gasteiger partial charge in [-0.05, 0) is 18.6 Å². The number of aromatic amines is 1. The van der Waals surface area contributed by atoms with Crippen LogP contribution in [0.15, 0.2) is 33.5 Å². The molecule has 1 amide bonds. The summed E-state index contributed by atoms with van der Waals surface area (Å²) in [5, 5.41) is 10.8. The highest BCUT2D eigenvalue weighted by Crippen LogP contribution is 2.25. The van der Waals surface area contributed by atoms with Crippen molar-refractivity contribution in [3.8, 4) is 11.3 Å². The number of nitrogens with one attached hydrogen (secondary N) is 1. The summed E-state index contributed by atoms with van der Waals surface area (Å²) in [6.45, 7) is 1.82. The molecule has 100 valence electrons. The maximum absolute atomic E-state index is 11.4. The minimum atomic E-state index is -0.681. The molecule has 0 saturated carbocycles. The second kappa shape index (κ2) is 4.30. The summed E-state index contributed by atoms with van der Waals surface area (Å²) in [4.78, 5) is 22.7. The standard InChI is InChI=1S/C13H10N4O3/c1-6-4-10(18)20-9-5-7(2-3-8(6)9)11-12(13(14)19)16-17-15-11/h2-5H,1H3,(H2,14,19)(H,15,16,17). The second-order valence-corrected chi connectivity index (χ2v) is 4.34. The monoisotopic (exact) mass is 270 g/mol. The van der Waals surface area contributed by atoms with Crippen LogP contribution in [0.5, 0.6) is 0 Å². The topological polar surface area (TPSA) is 115 Å². The van der Waals surface area contributed by atoms with Gasteiger partial charge in [0.1, 0.15) is 11.3 Å². The van der Waals surface area contributed by atoms with E-state index in [4.69, 9.17) is 10.2 Å². The van der Waals surface area contributed by atoms with Gasteiger partial charge in [0, 0.05) is 17.0 Å². The molecule has 0 spiro atoms. The summed E-state index contributed by atoms with van der Waals surface area (Å²) in [5.74, 6) is -0.681. The number of amides is 1. The first-order valence-corrected chi connectivity index (χ1v) is 5.81. The van der Waals surface area contributed by atoms with Crippen molar-refractivity contribution in [1.29, 1.82) is 0 Å². The zero-order valence-electron chi connectivity index (χ0n) is 10.5. The summed E-state index contributed by atoms with van der Waals surface area (Å²) in [7, 11) is 0. The number of carbonyl (C=O) groups excluding carboxylic acids is 1. The van der Waals surface area contributed by atoms with Gasteiger partial charge in [0.25, 0.3) is 5.91 Å².